The van der Waals surface area contributed by atoms with Crippen LogP contribution >= 0.6 is 0 Å². The van der Waals surface area contributed by atoms with E-state index in [-0.39, 0.29) is 31.5 Å². The molecular weight excluding hydrogens is 287 g/mol. The van der Waals surface area contributed by atoms with E-state index in [1.807, 2.05) is 6.92 Å². The predicted octanol–water partition coefficient (Wildman–Crippen LogP) is 1.03. The molecule has 2 amide bonds. The Morgan fingerprint density at radius 1 is 1.52 bits per heavy atom. The molecular formula is C13H22F3N3O2. The van der Waals surface area contributed by atoms with Crippen LogP contribution in [0.25, 0.3) is 0 Å². The standard InChI is InChI=1S/C13H22F3N3O2/c1-2-3-4-10(6-17)18-12(21)9-5-11(20)19(7-9)8-13(14,15)16/h9-10H,2-8,17H2,1H3,(H,18,21). The summed E-state index contributed by atoms with van der Waals surface area (Å²) in [5.74, 6) is -1.75. The zero-order chi connectivity index (χ0) is 16.0. The minimum Gasteiger partial charge on any atom is -0.352 e. The molecule has 0 aromatic rings. The van der Waals surface area contributed by atoms with Crippen molar-refractivity contribution >= 4 is 11.8 Å². The third-order valence-corrected chi connectivity index (χ3v) is 3.49. The topological polar surface area (TPSA) is 75.4 Å². The van der Waals surface area contributed by atoms with Crippen molar-refractivity contribution in [2.24, 2.45) is 11.7 Å². The lowest BCUT2D eigenvalue weighted by atomic mass is 10.1. The average molecular weight is 309 g/mol. The number of nitrogens with one attached hydrogen (secondary N) is 1. The summed E-state index contributed by atoms with van der Waals surface area (Å²) in [4.78, 5) is 24.2. The molecule has 0 bridgehead atoms. The fourth-order valence-corrected chi connectivity index (χ4v) is 2.34. The summed E-state index contributed by atoms with van der Waals surface area (Å²) in [7, 11) is 0. The second kappa shape index (κ2) is 7.63. The van der Waals surface area contributed by atoms with Gasteiger partial charge in [-0.2, -0.15) is 13.2 Å². The predicted molar refractivity (Wildman–Crippen MR) is 71.3 cm³/mol. The summed E-state index contributed by atoms with van der Waals surface area (Å²) in [6.45, 7) is 0.805. The molecule has 2 atom stereocenters. The number of hydrogen-bond donors (Lipinski definition) is 2. The first-order valence-electron chi connectivity index (χ1n) is 7.11. The van der Waals surface area contributed by atoms with Gasteiger partial charge in [-0.1, -0.05) is 19.8 Å². The molecule has 0 spiro atoms. The summed E-state index contributed by atoms with van der Waals surface area (Å²) in [6, 6.07) is -0.191. The molecule has 21 heavy (non-hydrogen) atoms. The number of hydrogen-bond acceptors (Lipinski definition) is 3. The van der Waals surface area contributed by atoms with Crippen molar-refractivity contribution in [1.29, 1.82) is 0 Å². The van der Waals surface area contributed by atoms with Crippen LogP contribution in [-0.4, -0.2) is 48.6 Å². The molecule has 8 heteroatoms. The van der Waals surface area contributed by atoms with Crippen molar-refractivity contribution in [3.8, 4) is 0 Å². The SMILES string of the molecule is CCCCC(CN)NC(=O)C1CC(=O)N(CC(F)(F)F)C1. The lowest BCUT2D eigenvalue weighted by Gasteiger charge is -2.20. The van der Waals surface area contributed by atoms with Gasteiger partial charge < -0.3 is 16.0 Å². The van der Waals surface area contributed by atoms with Gasteiger partial charge in [0.15, 0.2) is 0 Å². The number of carbonyl (C=O) groups is 2. The second-order valence-electron chi connectivity index (χ2n) is 5.37. The van der Waals surface area contributed by atoms with E-state index in [2.05, 4.69) is 5.32 Å². The number of amides is 2. The van der Waals surface area contributed by atoms with Crippen LogP contribution in [0.3, 0.4) is 0 Å². The maximum absolute atomic E-state index is 12.3. The average Bonchev–Trinajstić information content (AvgIpc) is 2.73. The molecule has 2 unspecified atom stereocenters. The Balaban J connectivity index is 2.50. The van der Waals surface area contributed by atoms with E-state index < -0.39 is 24.5 Å². The van der Waals surface area contributed by atoms with Crippen molar-refractivity contribution in [2.45, 2.75) is 44.8 Å². The van der Waals surface area contributed by atoms with Crippen LogP contribution < -0.4 is 11.1 Å². The number of likely N-dealkylation sites (tertiary alicyclic amines) is 1. The zero-order valence-corrected chi connectivity index (χ0v) is 12.1. The number of nitrogens with two attached hydrogens (primary N) is 1. The van der Waals surface area contributed by atoms with Gasteiger partial charge in [-0.25, -0.2) is 0 Å². The molecule has 0 aromatic carbocycles. The Kier molecular flexibility index (Phi) is 6.44. The highest BCUT2D eigenvalue weighted by molar-refractivity contribution is 5.89. The summed E-state index contributed by atoms with van der Waals surface area (Å²) in [5, 5.41) is 2.72. The summed E-state index contributed by atoms with van der Waals surface area (Å²) >= 11 is 0. The van der Waals surface area contributed by atoms with E-state index in [1.54, 1.807) is 0 Å². The number of rotatable bonds is 7. The highest BCUT2D eigenvalue weighted by Gasteiger charge is 2.40. The first kappa shape index (κ1) is 17.7. The molecule has 0 aromatic heterocycles. The first-order valence-corrected chi connectivity index (χ1v) is 7.11. The lowest BCUT2D eigenvalue weighted by Crippen LogP contribution is -2.44. The van der Waals surface area contributed by atoms with Gasteiger partial charge in [0.1, 0.15) is 6.54 Å². The van der Waals surface area contributed by atoms with E-state index in [9.17, 15) is 22.8 Å². The molecule has 1 aliphatic rings. The first-order chi connectivity index (χ1) is 9.76. The van der Waals surface area contributed by atoms with Gasteiger partial charge in [-0.05, 0) is 6.42 Å². The fraction of sp³-hybridized carbons (Fsp3) is 0.846. The lowest BCUT2D eigenvalue weighted by molar-refractivity contribution is -0.157. The molecule has 0 aliphatic carbocycles. The van der Waals surface area contributed by atoms with E-state index in [0.717, 1.165) is 19.3 Å². The molecule has 1 saturated heterocycles. The molecule has 1 aliphatic heterocycles. The largest absolute Gasteiger partial charge is 0.406 e. The van der Waals surface area contributed by atoms with Gasteiger partial charge in [-0.3, -0.25) is 9.59 Å². The molecule has 1 rings (SSSR count). The van der Waals surface area contributed by atoms with Crippen molar-refractivity contribution in [3.05, 3.63) is 0 Å². The summed E-state index contributed by atoms with van der Waals surface area (Å²) in [5.41, 5.74) is 5.56. The number of nitrogens with zero attached hydrogens (tertiary/aromatic N) is 1. The highest BCUT2D eigenvalue weighted by atomic mass is 19.4. The van der Waals surface area contributed by atoms with Crippen molar-refractivity contribution in [2.75, 3.05) is 19.6 Å². The molecule has 3 N–H and O–H groups in total. The van der Waals surface area contributed by atoms with Crippen LogP contribution in [0.15, 0.2) is 0 Å². The van der Waals surface area contributed by atoms with Crippen LogP contribution in [0.2, 0.25) is 0 Å². The fourth-order valence-electron chi connectivity index (χ4n) is 2.34. The monoisotopic (exact) mass is 309 g/mol. The van der Waals surface area contributed by atoms with Gasteiger partial charge >= 0.3 is 6.18 Å². The smallest absolute Gasteiger partial charge is 0.352 e. The van der Waals surface area contributed by atoms with Crippen LogP contribution in [0.4, 0.5) is 13.2 Å². The normalized spacial score (nSPS) is 20.7. The van der Waals surface area contributed by atoms with E-state index in [0.29, 0.717) is 4.90 Å². The van der Waals surface area contributed by atoms with Gasteiger partial charge in [0.25, 0.3) is 0 Å². The molecule has 0 radical (unpaired) electrons. The van der Waals surface area contributed by atoms with E-state index in [1.165, 1.54) is 0 Å². The van der Waals surface area contributed by atoms with Crippen molar-refractivity contribution in [1.82, 2.24) is 10.2 Å². The van der Waals surface area contributed by atoms with Crippen LogP contribution in [-0.2, 0) is 9.59 Å². The third-order valence-electron chi connectivity index (χ3n) is 3.49. The number of unbranched alkanes of at least 4 members (excludes halogenated alkanes) is 1. The Labute approximate surface area is 122 Å². The van der Waals surface area contributed by atoms with Gasteiger partial charge in [0.2, 0.25) is 11.8 Å². The summed E-state index contributed by atoms with van der Waals surface area (Å²) in [6.07, 6.45) is -2.01. The summed E-state index contributed by atoms with van der Waals surface area (Å²) < 4.78 is 36.9. The minimum absolute atomic E-state index is 0.174. The van der Waals surface area contributed by atoms with Crippen LogP contribution in [0.1, 0.15) is 32.6 Å². The van der Waals surface area contributed by atoms with Gasteiger partial charge in [0.05, 0.1) is 5.92 Å². The molecule has 1 heterocycles. The van der Waals surface area contributed by atoms with Crippen molar-refractivity contribution in [3.63, 3.8) is 0 Å². The Hall–Kier alpha value is -1.31. The van der Waals surface area contributed by atoms with Crippen LogP contribution in [0.5, 0.6) is 0 Å². The number of halogens is 3. The van der Waals surface area contributed by atoms with E-state index >= 15 is 0 Å². The highest BCUT2D eigenvalue weighted by Crippen LogP contribution is 2.24. The van der Waals surface area contributed by atoms with Gasteiger partial charge in [0, 0.05) is 25.6 Å². The Morgan fingerprint density at radius 2 is 2.19 bits per heavy atom. The minimum atomic E-state index is -4.44. The Bertz CT molecular complexity index is 374. The van der Waals surface area contributed by atoms with Crippen LogP contribution in [0, 0.1) is 5.92 Å². The van der Waals surface area contributed by atoms with Crippen molar-refractivity contribution < 1.29 is 22.8 Å². The molecule has 122 valence electrons. The quantitative estimate of drug-likeness (QED) is 0.737. The maximum Gasteiger partial charge on any atom is 0.406 e. The van der Waals surface area contributed by atoms with E-state index in [4.69, 9.17) is 5.73 Å². The number of alkyl halides is 3. The molecule has 0 saturated carbocycles. The Morgan fingerprint density at radius 3 is 2.71 bits per heavy atom. The van der Waals surface area contributed by atoms with Gasteiger partial charge in [-0.15, -0.1) is 0 Å². The molecule has 5 nitrogen and oxygen atoms in total. The third kappa shape index (κ3) is 5.91. The second-order valence-corrected chi connectivity index (χ2v) is 5.37. The number of carbonyl (C=O) groups excluding carboxylic acids is 2. The zero-order valence-electron chi connectivity index (χ0n) is 12.1. The maximum atomic E-state index is 12.3. The molecule has 1 fully saturated rings.